The molecule has 3 rings (SSSR count). The Hall–Kier alpha value is -2.26. The molecule has 0 bridgehead atoms. The fourth-order valence-corrected chi connectivity index (χ4v) is 4.97. The highest BCUT2D eigenvalue weighted by atomic mass is 35.5. The number of thioether (sulfide) groups is 1. The molecule has 1 fully saturated rings. The van der Waals surface area contributed by atoms with Gasteiger partial charge >= 0.3 is 0 Å². The zero-order chi connectivity index (χ0) is 17.3. The van der Waals surface area contributed by atoms with E-state index in [2.05, 4.69) is 18.2 Å². The van der Waals surface area contributed by atoms with Gasteiger partial charge in [0, 0.05) is 28.4 Å². The third-order valence-electron chi connectivity index (χ3n) is 4.77. The Labute approximate surface area is 149 Å². The van der Waals surface area contributed by atoms with Crippen LogP contribution in [0.25, 0.3) is 0 Å². The molecular formula is C18H13ClN4S. The number of hydrogen-bond acceptors (Lipinski definition) is 5. The average molecular weight is 353 g/mol. The second-order valence-corrected chi connectivity index (χ2v) is 7.40. The van der Waals surface area contributed by atoms with Gasteiger partial charge in [0.2, 0.25) is 0 Å². The molecule has 3 atom stereocenters. The minimum absolute atomic E-state index is 0.116. The Kier molecular flexibility index (Phi) is 4.37. The third-order valence-corrected chi connectivity index (χ3v) is 6.00. The van der Waals surface area contributed by atoms with Gasteiger partial charge in [-0.1, -0.05) is 29.8 Å². The van der Waals surface area contributed by atoms with Crippen LogP contribution in [0.4, 0.5) is 0 Å². The van der Waals surface area contributed by atoms with Gasteiger partial charge in [-0.05, 0) is 23.3 Å². The number of benzene rings is 1. The largest absolute Gasteiger partial charge is 0.305 e. The third kappa shape index (κ3) is 2.31. The van der Waals surface area contributed by atoms with Crippen LogP contribution >= 0.6 is 23.4 Å². The molecule has 1 heterocycles. The van der Waals surface area contributed by atoms with E-state index in [-0.39, 0.29) is 11.6 Å². The van der Waals surface area contributed by atoms with Crippen molar-refractivity contribution in [3.8, 4) is 18.2 Å². The molecule has 24 heavy (non-hydrogen) atoms. The number of nitrogens with zero attached hydrogens (tertiary/aromatic N) is 3. The van der Waals surface area contributed by atoms with Crippen molar-refractivity contribution in [3.05, 3.63) is 46.5 Å². The Bertz CT molecular complexity index is 841. The minimum atomic E-state index is -1.65. The van der Waals surface area contributed by atoms with E-state index < -0.39 is 17.3 Å². The van der Waals surface area contributed by atoms with Crippen molar-refractivity contribution in [3.63, 3.8) is 0 Å². The number of halogens is 1. The number of rotatable bonds is 1. The van der Waals surface area contributed by atoms with Crippen LogP contribution in [-0.2, 0) is 0 Å². The van der Waals surface area contributed by atoms with Gasteiger partial charge < -0.3 is 5.41 Å². The summed E-state index contributed by atoms with van der Waals surface area (Å²) in [5, 5.41) is 38.2. The van der Waals surface area contributed by atoms with Crippen molar-refractivity contribution in [2.45, 2.75) is 5.92 Å². The predicted octanol–water partition coefficient (Wildman–Crippen LogP) is 3.92. The van der Waals surface area contributed by atoms with Crippen LogP contribution < -0.4 is 0 Å². The lowest BCUT2D eigenvalue weighted by Gasteiger charge is -2.45. The minimum Gasteiger partial charge on any atom is -0.305 e. The van der Waals surface area contributed by atoms with Crippen molar-refractivity contribution in [1.29, 1.82) is 21.2 Å². The number of allylic oxidation sites excluding steroid dienone is 1. The molecule has 2 aliphatic rings. The highest BCUT2D eigenvalue weighted by molar-refractivity contribution is 7.99. The molecule has 1 aromatic rings. The van der Waals surface area contributed by atoms with Gasteiger partial charge in [-0.3, -0.25) is 0 Å². The van der Waals surface area contributed by atoms with Crippen molar-refractivity contribution >= 4 is 29.1 Å². The topological polar surface area (TPSA) is 95.2 Å². The molecule has 1 N–H and O–H groups in total. The molecule has 4 nitrogen and oxygen atoms in total. The standard InChI is InChI=1S/C18H13ClN4S/c19-12-3-1-2-11(6-12)16-15-8-24-5-4-13(15)14(7-20)17(23)18(16,9-21)10-22/h1-4,6,14-16,23H,5,8H2/t14-,15-,16+/m1/s1. The van der Waals surface area contributed by atoms with Gasteiger partial charge in [0.15, 0.2) is 5.41 Å². The number of nitriles is 3. The second kappa shape index (κ2) is 6.33. The molecule has 1 aromatic carbocycles. The molecule has 6 heteroatoms. The molecule has 0 spiro atoms. The van der Waals surface area contributed by atoms with Crippen LogP contribution in [0, 0.1) is 56.7 Å². The zero-order valence-electron chi connectivity index (χ0n) is 12.7. The average Bonchev–Trinajstić information content (AvgIpc) is 2.61. The summed E-state index contributed by atoms with van der Waals surface area (Å²) in [5.74, 6) is 0.0823. The zero-order valence-corrected chi connectivity index (χ0v) is 14.2. The Balaban J connectivity index is 2.27. The van der Waals surface area contributed by atoms with E-state index in [1.807, 2.05) is 12.1 Å². The molecule has 118 valence electrons. The first-order valence-electron chi connectivity index (χ1n) is 7.43. The van der Waals surface area contributed by atoms with Gasteiger partial charge in [0.05, 0.1) is 23.9 Å². The Morgan fingerprint density at radius 3 is 2.62 bits per heavy atom. The smallest absolute Gasteiger partial charge is 0.189 e. The maximum absolute atomic E-state index is 9.83. The van der Waals surface area contributed by atoms with E-state index in [0.717, 1.165) is 22.6 Å². The molecule has 0 aromatic heterocycles. The Morgan fingerprint density at radius 1 is 1.25 bits per heavy atom. The van der Waals surface area contributed by atoms with Crippen LogP contribution in [0.15, 0.2) is 35.9 Å². The lowest BCUT2D eigenvalue weighted by molar-refractivity contribution is 0.378. The second-order valence-electron chi connectivity index (χ2n) is 5.89. The first-order valence-corrected chi connectivity index (χ1v) is 8.96. The monoisotopic (exact) mass is 352 g/mol. The fraction of sp³-hybridized carbons (Fsp3) is 0.333. The number of nitrogens with one attached hydrogen (secondary N) is 1. The SMILES string of the molecule is N#C[C@H]1C(=N)C(C#N)(C#N)[C@@H](c2cccc(Cl)c2)[C@@H]2CSCC=C12. The number of hydrogen-bond donors (Lipinski definition) is 1. The van der Waals surface area contributed by atoms with E-state index >= 15 is 0 Å². The molecule has 1 saturated carbocycles. The molecule has 1 aliphatic heterocycles. The van der Waals surface area contributed by atoms with Gasteiger partial charge in [-0.25, -0.2) is 0 Å². The molecule has 0 saturated heterocycles. The first-order chi connectivity index (χ1) is 11.6. The summed E-state index contributed by atoms with van der Waals surface area (Å²) in [6, 6.07) is 13.4. The first kappa shape index (κ1) is 16.6. The van der Waals surface area contributed by atoms with E-state index in [9.17, 15) is 15.8 Å². The maximum Gasteiger partial charge on any atom is 0.189 e. The summed E-state index contributed by atoms with van der Waals surface area (Å²) in [7, 11) is 0. The normalized spacial score (nSPS) is 27.8. The van der Waals surface area contributed by atoms with Crippen LogP contribution in [0.5, 0.6) is 0 Å². The predicted molar refractivity (Wildman–Crippen MR) is 93.6 cm³/mol. The summed E-state index contributed by atoms with van der Waals surface area (Å²) in [6.45, 7) is 0. The number of fused-ring (bicyclic) bond motifs is 1. The summed E-state index contributed by atoms with van der Waals surface area (Å²) in [4.78, 5) is 0. The van der Waals surface area contributed by atoms with E-state index in [1.54, 1.807) is 30.0 Å². The fourth-order valence-electron chi connectivity index (χ4n) is 3.69. The van der Waals surface area contributed by atoms with Crippen molar-refractivity contribution in [1.82, 2.24) is 0 Å². The summed E-state index contributed by atoms with van der Waals surface area (Å²) in [5.41, 5.74) is -0.128. The lowest BCUT2D eigenvalue weighted by atomic mass is 9.55. The van der Waals surface area contributed by atoms with Crippen LogP contribution in [0.2, 0.25) is 5.02 Å². The molecule has 0 radical (unpaired) electrons. The lowest BCUT2D eigenvalue weighted by Crippen LogP contribution is -2.49. The quantitative estimate of drug-likeness (QED) is 0.775. The molecule has 1 aliphatic carbocycles. The van der Waals surface area contributed by atoms with Crippen LogP contribution in [0.3, 0.4) is 0 Å². The van der Waals surface area contributed by atoms with E-state index in [0.29, 0.717) is 5.02 Å². The molecule has 0 amide bonds. The van der Waals surface area contributed by atoms with Gasteiger partial charge in [-0.2, -0.15) is 27.5 Å². The van der Waals surface area contributed by atoms with Crippen molar-refractivity contribution < 1.29 is 0 Å². The summed E-state index contributed by atoms with van der Waals surface area (Å²) in [6.07, 6.45) is 1.98. The van der Waals surface area contributed by atoms with Gasteiger partial charge in [0.1, 0.15) is 5.92 Å². The van der Waals surface area contributed by atoms with Crippen molar-refractivity contribution in [2.24, 2.45) is 17.3 Å². The summed E-state index contributed by atoms with van der Waals surface area (Å²) < 4.78 is 0. The highest BCUT2D eigenvalue weighted by Gasteiger charge is 2.57. The molecular weight excluding hydrogens is 340 g/mol. The molecule has 0 unspecified atom stereocenters. The Morgan fingerprint density at radius 2 is 2.00 bits per heavy atom. The van der Waals surface area contributed by atoms with Crippen LogP contribution in [-0.4, -0.2) is 17.2 Å². The van der Waals surface area contributed by atoms with Gasteiger partial charge in [-0.15, -0.1) is 0 Å². The van der Waals surface area contributed by atoms with E-state index in [1.165, 1.54) is 0 Å². The maximum atomic E-state index is 9.83. The van der Waals surface area contributed by atoms with E-state index in [4.69, 9.17) is 17.0 Å². The highest BCUT2D eigenvalue weighted by Crippen LogP contribution is 2.54. The van der Waals surface area contributed by atoms with Crippen molar-refractivity contribution in [2.75, 3.05) is 11.5 Å². The van der Waals surface area contributed by atoms with Gasteiger partial charge in [0.25, 0.3) is 0 Å². The van der Waals surface area contributed by atoms with Crippen LogP contribution in [0.1, 0.15) is 11.5 Å². The summed E-state index contributed by atoms with van der Waals surface area (Å²) >= 11 is 7.83.